The Morgan fingerprint density at radius 1 is 1.11 bits per heavy atom. The van der Waals surface area contributed by atoms with Gasteiger partial charge in [0, 0.05) is 0 Å². The number of methoxy groups -OCH3 is 1. The summed E-state index contributed by atoms with van der Waals surface area (Å²) in [6.45, 7) is 0. The molecule has 0 radical (unpaired) electrons. The van der Waals surface area contributed by atoms with Crippen molar-refractivity contribution in [2.24, 2.45) is 29.6 Å². The van der Waals surface area contributed by atoms with Crippen molar-refractivity contribution in [3.8, 4) is 5.75 Å². The molecule has 5 atom stereocenters. The molecule has 0 amide bonds. The molecule has 0 heterocycles. The van der Waals surface area contributed by atoms with Gasteiger partial charge in [0.2, 0.25) is 0 Å². The monoisotopic (exact) mass is 244 g/mol. The molecular weight excluding hydrogens is 224 g/mol. The highest BCUT2D eigenvalue weighted by atomic mass is 16.5. The fraction of sp³-hybridized carbons (Fsp3) is 0.625. The molecule has 0 spiro atoms. The second-order valence-electron chi connectivity index (χ2n) is 6.28. The van der Waals surface area contributed by atoms with Crippen LogP contribution in [0, 0.1) is 29.6 Å². The molecule has 2 nitrogen and oxygen atoms in total. The van der Waals surface area contributed by atoms with Crippen LogP contribution in [0.3, 0.4) is 0 Å². The summed E-state index contributed by atoms with van der Waals surface area (Å²) in [5.74, 6) is 4.93. The second kappa shape index (κ2) is 3.74. The van der Waals surface area contributed by atoms with Gasteiger partial charge in [-0.05, 0) is 66.5 Å². The highest BCUT2D eigenvalue weighted by Gasteiger charge is 2.66. The van der Waals surface area contributed by atoms with Crippen LogP contribution in [0.25, 0.3) is 0 Å². The van der Waals surface area contributed by atoms with E-state index in [2.05, 4.69) is 0 Å². The largest absolute Gasteiger partial charge is 0.497 e. The Morgan fingerprint density at radius 3 is 2.28 bits per heavy atom. The summed E-state index contributed by atoms with van der Waals surface area (Å²) in [5.41, 5.74) is 1.06. The first kappa shape index (κ1) is 10.9. The van der Waals surface area contributed by atoms with E-state index in [9.17, 15) is 5.11 Å². The molecule has 1 N–H and O–H groups in total. The predicted octanol–water partition coefficient (Wildman–Crippen LogP) is 3.02. The lowest BCUT2D eigenvalue weighted by Gasteiger charge is -2.15. The molecule has 3 aliphatic rings. The SMILES string of the molecule is COc1ccc(C(O)C2C3C4CCC(C4)C32)cc1. The Morgan fingerprint density at radius 2 is 1.72 bits per heavy atom. The minimum Gasteiger partial charge on any atom is -0.497 e. The predicted molar refractivity (Wildman–Crippen MR) is 69.3 cm³/mol. The van der Waals surface area contributed by atoms with E-state index in [0.29, 0.717) is 5.92 Å². The van der Waals surface area contributed by atoms with Gasteiger partial charge in [0.25, 0.3) is 0 Å². The smallest absolute Gasteiger partial charge is 0.118 e. The zero-order chi connectivity index (χ0) is 12.3. The van der Waals surface area contributed by atoms with Crippen molar-refractivity contribution in [3.63, 3.8) is 0 Å². The number of hydrogen-bond donors (Lipinski definition) is 1. The van der Waals surface area contributed by atoms with Crippen LogP contribution in [0.1, 0.15) is 30.9 Å². The van der Waals surface area contributed by atoms with Crippen LogP contribution >= 0.6 is 0 Å². The number of benzene rings is 1. The van der Waals surface area contributed by atoms with E-state index in [0.717, 1.165) is 35.0 Å². The minimum absolute atomic E-state index is 0.255. The normalized spacial score (nSPS) is 41.6. The summed E-state index contributed by atoms with van der Waals surface area (Å²) in [7, 11) is 1.68. The van der Waals surface area contributed by atoms with Gasteiger partial charge in [-0.3, -0.25) is 0 Å². The molecule has 4 rings (SSSR count). The molecule has 18 heavy (non-hydrogen) atoms. The number of hydrogen-bond acceptors (Lipinski definition) is 2. The Balaban J connectivity index is 1.52. The third-order valence-electron chi connectivity index (χ3n) is 5.62. The van der Waals surface area contributed by atoms with Gasteiger partial charge in [-0.1, -0.05) is 12.1 Å². The molecule has 3 saturated carbocycles. The third kappa shape index (κ3) is 1.38. The maximum Gasteiger partial charge on any atom is 0.118 e. The number of ether oxygens (including phenoxy) is 1. The van der Waals surface area contributed by atoms with Gasteiger partial charge < -0.3 is 9.84 Å². The first-order valence-corrected chi connectivity index (χ1v) is 7.11. The van der Waals surface area contributed by atoms with Gasteiger partial charge >= 0.3 is 0 Å². The van der Waals surface area contributed by atoms with Crippen LogP contribution in [-0.2, 0) is 0 Å². The van der Waals surface area contributed by atoms with Crippen LogP contribution in [0.2, 0.25) is 0 Å². The lowest BCUT2D eigenvalue weighted by atomic mass is 9.95. The Hall–Kier alpha value is -1.02. The van der Waals surface area contributed by atoms with E-state index < -0.39 is 0 Å². The van der Waals surface area contributed by atoms with Gasteiger partial charge in [-0.25, -0.2) is 0 Å². The molecule has 0 aliphatic heterocycles. The highest BCUT2D eigenvalue weighted by molar-refractivity contribution is 5.30. The average Bonchev–Trinajstić information content (AvgIpc) is 2.85. The molecular formula is C16H20O2. The number of fused-ring (bicyclic) bond motifs is 5. The third-order valence-corrected chi connectivity index (χ3v) is 5.62. The fourth-order valence-electron chi connectivity index (χ4n) is 4.84. The number of rotatable bonds is 3. The topological polar surface area (TPSA) is 29.5 Å². The highest BCUT2D eigenvalue weighted by Crippen LogP contribution is 2.72. The molecule has 0 saturated heterocycles. The molecule has 5 unspecified atom stereocenters. The van der Waals surface area contributed by atoms with E-state index in [-0.39, 0.29) is 6.10 Å². The van der Waals surface area contributed by atoms with E-state index >= 15 is 0 Å². The van der Waals surface area contributed by atoms with Gasteiger partial charge in [0.15, 0.2) is 0 Å². The summed E-state index contributed by atoms with van der Waals surface area (Å²) < 4.78 is 5.16. The maximum absolute atomic E-state index is 10.6. The lowest BCUT2D eigenvalue weighted by molar-refractivity contribution is 0.130. The lowest BCUT2D eigenvalue weighted by Crippen LogP contribution is -2.08. The first-order valence-electron chi connectivity index (χ1n) is 7.11. The van der Waals surface area contributed by atoms with Gasteiger partial charge in [0.05, 0.1) is 13.2 Å². The van der Waals surface area contributed by atoms with Crippen LogP contribution in [-0.4, -0.2) is 12.2 Å². The van der Waals surface area contributed by atoms with E-state index in [1.165, 1.54) is 19.3 Å². The van der Waals surface area contributed by atoms with Crippen molar-refractivity contribution < 1.29 is 9.84 Å². The van der Waals surface area contributed by atoms with Gasteiger partial charge in [-0.15, -0.1) is 0 Å². The molecule has 2 bridgehead atoms. The van der Waals surface area contributed by atoms with Gasteiger partial charge in [0.1, 0.15) is 5.75 Å². The summed E-state index contributed by atoms with van der Waals surface area (Å²) in [4.78, 5) is 0. The fourth-order valence-corrected chi connectivity index (χ4v) is 4.84. The molecule has 96 valence electrons. The Kier molecular flexibility index (Phi) is 2.25. The molecule has 1 aromatic carbocycles. The zero-order valence-corrected chi connectivity index (χ0v) is 10.8. The van der Waals surface area contributed by atoms with Crippen LogP contribution < -0.4 is 4.74 Å². The summed E-state index contributed by atoms with van der Waals surface area (Å²) in [5, 5.41) is 10.6. The molecule has 3 aliphatic carbocycles. The van der Waals surface area contributed by atoms with Crippen molar-refractivity contribution in [1.82, 2.24) is 0 Å². The maximum atomic E-state index is 10.6. The average molecular weight is 244 g/mol. The van der Waals surface area contributed by atoms with E-state index in [1.54, 1.807) is 7.11 Å². The second-order valence-corrected chi connectivity index (χ2v) is 6.28. The summed E-state index contributed by atoms with van der Waals surface area (Å²) in [6, 6.07) is 7.93. The summed E-state index contributed by atoms with van der Waals surface area (Å²) >= 11 is 0. The minimum atomic E-state index is -0.255. The standard InChI is InChI=1S/C16H20O2/c1-18-12-6-4-9(5-7-12)16(17)15-13-10-2-3-11(8-10)14(13)15/h4-7,10-11,13-17H,2-3,8H2,1H3. The first-order chi connectivity index (χ1) is 8.79. The van der Waals surface area contributed by atoms with Crippen molar-refractivity contribution in [2.75, 3.05) is 7.11 Å². The molecule has 0 aromatic heterocycles. The van der Waals surface area contributed by atoms with Gasteiger partial charge in [-0.2, -0.15) is 0 Å². The van der Waals surface area contributed by atoms with Crippen LogP contribution in [0.4, 0.5) is 0 Å². The Bertz CT molecular complexity index is 437. The molecule has 1 aromatic rings. The van der Waals surface area contributed by atoms with Crippen molar-refractivity contribution in [2.45, 2.75) is 25.4 Å². The van der Waals surface area contributed by atoms with E-state index in [4.69, 9.17) is 4.74 Å². The quantitative estimate of drug-likeness (QED) is 0.885. The number of aliphatic hydroxyl groups is 1. The molecule has 2 heteroatoms. The Labute approximate surface area is 108 Å². The zero-order valence-electron chi connectivity index (χ0n) is 10.8. The van der Waals surface area contributed by atoms with Crippen molar-refractivity contribution >= 4 is 0 Å². The number of aliphatic hydroxyl groups excluding tert-OH is 1. The van der Waals surface area contributed by atoms with Crippen LogP contribution in [0.15, 0.2) is 24.3 Å². The summed E-state index contributed by atoms with van der Waals surface area (Å²) in [6.07, 6.45) is 4.02. The van der Waals surface area contributed by atoms with E-state index in [1.807, 2.05) is 24.3 Å². The van der Waals surface area contributed by atoms with Crippen LogP contribution in [0.5, 0.6) is 5.75 Å². The van der Waals surface area contributed by atoms with Crippen molar-refractivity contribution in [3.05, 3.63) is 29.8 Å². The molecule has 3 fully saturated rings. The van der Waals surface area contributed by atoms with Crippen molar-refractivity contribution in [1.29, 1.82) is 0 Å².